The highest BCUT2D eigenvalue weighted by molar-refractivity contribution is 5.87. The van der Waals surface area contributed by atoms with E-state index in [0.29, 0.717) is 12.8 Å². The zero-order valence-electron chi connectivity index (χ0n) is 15.8. The molecule has 0 aliphatic heterocycles. The van der Waals surface area contributed by atoms with Crippen molar-refractivity contribution in [1.82, 2.24) is 5.32 Å². The van der Waals surface area contributed by atoms with Crippen LogP contribution in [0, 0.1) is 0 Å². The molecule has 0 saturated carbocycles. The number of hydrogen-bond acceptors (Lipinski definition) is 5. The van der Waals surface area contributed by atoms with Crippen LogP contribution in [0.15, 0.2) is 60.7 Å². The fourth-order valence-corrected chi connectivity index (χ4v) is 2.54. The number of nitrogens with two attached hydrogens (primary N) is 1. The molecular formula is C21H24F2N2O4. The van der Waals surface area contributed by atoms with E-state index in [-0.39, 0.29) is 6.61 Å². The molecule has 0 aliphatic carbocycles. The summed E-state index contributed by atoms with van der Waals surface area (Å²) in [6.45, 7) is -3.86. The van der Waals surface area contributed by atoms with Gasteiger partial charge in [0.2, 0.25) is 5.91 Å². The van der Waals surface area contributed by atoms with E-state index >= 15 is 0 Å². The maximum Gasteiger partial charge on any atom is 0.345 e. The van der Waals surface area contributed by atoms with Crippen LogP contribution in [0.4, 0.5) is 8.78 Å². The number of carbonyl (C=O) groups is 2. The number of esters is 1. The Labute approximate surface area is 168 Å². The number of ether oxygens (including phenoxy) is 2. The lowest BCUT2D eigenvalue weighted by Gasteiger charge is -2.20. The lowest BCUT2D eigenvalue weighted by Crippen LogP contribution is -2.51. The third kappa shape index (κ3) is 8.37. The first-order chi connectivity index (χ1) is 14.0. The predicted octanol–water partition coefficient (Wildman–Crippen LogP) is 2.41. The zero-order chi connectivity index (χ0) is 21.1. The molecule has 3 N–H and O–H groups in total. The highest BCUT2D eigenvalue weighted by atomic mass is 19.3. The lowest BCUT2D eigenvalue weighted by atomic mass is 10.1. The fraction of sp³-hybridized carbons (Fsp3) is 0.333. The first kappa shape index (κ1) is 22.4. The average Bonchev–Trinajstić information content (AvgIpc) is 2.74. The molecule has 8 heteroatoms. The smallest absolute Gasteiger partial charge is 0.345 e. The molecule has 2 aromatic carbocycles. The van der Waals surface area contributed by atoms with Gasteiger partial charge in [-0.25, -0.2) is 4.79 Å². The number of hydrogen-bond donors (Lipinski definition) is 2. The summed E-state index contributed by atoms with van der Waals surface area (Å²) in [5.41, 5.74) is 7.61. The van der Waals surface area contributed by atoms with Gasteiger partial charge in [0, 0.05) is 0 Å². The Morgan fingerprint density at radius 2 is 1.55 bits per heavy atom. The van der Waals surface area contributed by atoms with Gasteiger partial charge in [0.25, 0.3) is 0 Å². The number of aryl methyl sites for hydroxylation is 1. The largest absolute Gasteiger partial charge is 0.459 e. The van der Waals surface area contributed by atoms with Gasteiger partial charge in [0.05, 0.1) is 12.6 Å². The van der Waals surface area contributed by atoms with E-state index in [1.54, 1.807) is 24.3 Å². The van der Waals surface area contributed by atoms with Crippen molar-refractivity contribution in [2.45, 2.75) is 38.1 Å². The molecule has 29 heavy (non-hydrogen) atoms. The molecule has 0 fully saturated rings. The molecule has 0 spiro atoms. The van der Waals surface area contributed by atoms with Gasteiger partial charge >= 0.3 is 12.6 Å². The second kappa shape index (κ2) is 11.9. The summed E-state index contributed by atoms with van der Waals surface area (Å²) < 4.78 is 34.1. The van der Waals surface area contributed by atoms with E-state index in [1.165, 1.54) is 0 Å². The minimum absolute atomic E-state index is 0.0548. The Morgan fingerprint density at radius 3 is 2.14 bits per heavy atom. The van der Waals surface area contributed by atoms with Gasteiger partial charge in [-0.15, -0.1) is 0 Å². The van der Waals surface area contributed by atoms with E-state index in [9.17, 15) is 18.4 Å². The molecule has 2 rings (SSSR count). The molecule has 1 amide bonds. The summed E-state index contributed by atoms with van der Waals surface area (Å²) in [5.74, 6) is -1.52. The second-order valence-electron chi connectivity index (χ2n) is 6.38. The van der Waals surface area contributed by atoms with Crippen LogP contribution >= 0.6 is 0 Å². The van der Waals surface area contributed by atoms with Gasteiger partial charge in [-0.2, -0.15) is 8.78 Å². The van der Waals surface area contributed by atoms with Gasteiger partial charge in [0.15, 0.2) is 6.04 Å². The number of carbonyl (C=O) groups excluding carboxylic acids is 2. The molecule has 2 aromatic rings. The van der Waals surface area contributed by atoms with Crippen molar-refractivity contribution >= 4 is 11.9 Å². The minimum Gasteiger partial charge on any atom is -0.459 e. The maximum absolute atomic E-state index is 12.4. The van der Waals surface area contributed by atoms with Crippen LogP contribution in [-0.4, -0.2) is 37.2 Å². The van der Waals surface area contributed by atoms with Crippen LogP contribution in [0.25, 0.3) is 0 Å². The molecule has 0 heterocycles. The third-order valence-corrected chi connectivity index (χ3v) is 4.14. The van der Waals surface area contributed by atoms with Crippen molar-refractivity contribution in [2.75, 3.05) is 6.61 Å². The predicted molar refractivity (Wildman–Crippen MR) is 103 cm³/mol. The number of halogens is 2. The first-order valence-electron chi connectivity index (χ1n) is 9.16. The van der Waals surface area contributed by atoms with Crippen LogP contribution in [0.1, 0.15) is 17.5 Å². The van der Waals surface area contributed by atoms with Crippen molar-refractivity contribution in [3.05, 3.63) is 71.8 Å². The summed E-state index contributed by atoms with van der Waals surface area (Å²) >= 11 is 0. The molecule has 2 atom stereocenters. The Hall–Kier alpha value is -2.84. The maximum atomic E-state index is 12.4. The summed E-state index contributed by atoms with van der Waals surface area (Å²) in [7, 11) is 0. The van der Waals surface area contributed by atoms with Gasteiger partial charge in [0.1, 0.15) is 6.61 Å². The zero-order valence-corrected chi connectivity index (χ0v) is 15.8. The van der Waals surface area contributed by atoms with Crippen LogP contribution in [0.3, 0.4) is 0 Å². The van der Waals surface area contributed by atoms with Gasteiger partial charge in [-0.3, -0.25) is 4.79 Å². The third-order valence-electron chi connectivity index (χ3n) is 4.14. The molecule has 0 bridgehead atoms. The molecular weight excluding hydrogens is 382 g/mol. The molecule has 0 aliphatic rings. The fourth-order valence-electron chi connectivity index (χ4n) is 2.54. The molecule has 0 radical (unpaired) electrons. The summed E-state index contributed by atoms with van der Waals surface area (Å²) in [5, 5.41) is 2.35. The van der Waals surface area contributed by atoms with Gasteiger partial charge < -0.3 is 20.5 Å². The molecule has 156 valence electrons. The van der Waals surface area contributed by atoms with Crippen LogP contribution in [-0.2, 0) is 32.1 Å². The Kier molecular flexibility index (Phi) is 9.20. The van der Waals surface area contributed by atoms with Crippen LogP contribution in [0.2, 0.25) is 0 Å². The van der Waals surface area contributed by atoms with Crippen molar-refractivity contribution in [1.29, 1.82) is 0 Å². The molecule has 6 nitrogen and oxygen atoms in total. The second-order valence-corrected chi connectivity index (χ2v) is 6.38. The van der Waals surface area contributed by atoms with Crippen molar-refractivity contribution in [2.24, 2.45) is 5.73 Å². The quantitative estimate of drug-likeness (QED) is 0.560. The first-order valence-corrected chi connectivity index (χ1v) is 9.16. The van der Waals surface area contributed by atoms with E-state index in [4.69, 9.17) is 10.5 Å². The Bertz CT molecular complexity index is 760. The van der Waals surface area contributed by atoms with Crippen molar-refractivity contribution in [3.63, 3.8) is 0 Å². The molecule has 0 unspecified atom stereocenters. The Balaban J connectivity index is 1.89. The summed E-state index contributed by atoms with van der Waals surface area (Å²) in [6.07, 6.45) is 0.892. The van der Waals surface area contributed by atoms with E-state index in [1.807, 2.05) is 36.4 Å². The monoisotopic (exact) mass is 406 g/mol. The van der Waals surface area contributed by atoms with Crippen molar-refractivity contribution < 1.29 is 27.8 Å². The molecule has 0 aromatic heterocycles. The van der Waals surface area contributed by atoms with E-state index in [2.05, 4.69) is 10.1 Å². The number of amides is 1. The molecule has 0 saturated heterocycles. The standard InChI is InChI=1S/C21H24F2N2O4/c22-21(23)29-14-18(20(27)28-13-16-9-5-2-6-10-16)25-19(26)17(24)12-11-15-7-3-1-4-8-15/h1-10,17-18,21H,11-14,24H2,(H,25,26)/t17-,18-/m0/s1. The van der Waals surface area contributed by atoms with Crippen LogP contribution in [0.5, 0.6) is 0 Å². The summed E-state index contributed by atoms with van der Waals surface area (Å²) in [4.78, 5) is 24.6. The Morgan fingerprint density at radius 1 is 0.966 bits per heavy atom. The normalized spacial score (nSPS) is 13.0. The number of rotatable bonds is 11. The van der Waals surface area contributed by atoms with E-state index < -0.39 is 37.2 Å². The lowest BCUT2D eigenvalue weighted by molar-refractivity contribution is -0.161. The minimum atomic E-state index is -3.08. The SMILES string of the molecule is N[C@@H](CCc1ccccc1)C(=O)N[C@@H](COC(F)F)C(=O)OCc1ccccc1. The average molecular weight is 406 g/mol. The van der Waals surface area contributed by atoms with Crippen molar-refractivity contribution in [3.8, 4) is 0 Å². The van der Waals surface area contributed by atoms with E-state index in [0.717, 1.165) is 11.1 Å². The number of alkyl halides is 2. The highest BCUT2D eigenvalue weighted by Crippen LogP contribution is 2.06. The van der Waals surface area contributed by atoms with Gasteiger partial charge in [-0.05, 0) is 24.0 Å². The topological polar surface area (TPSA) is 90.7 Å². The van der Waals surface area contributed by atoms with Gasteiger partial charge in [-0.1, -0.05) is 60.7 Å². The summed E-state index contributed by atoms with van der Waals surface area (Å²) in [6, 6.07) is 16.0. The number of benzene rings is 2. The highest BCUT2D eigenvalue weighted by Gasteiger charge is 2.26. The number of nitrogens with one attached hydrogen (secondary N) is 1. The van der Waals surface area contributed by atoms with Crippen LogP contribution < -0.4 is 11.1 Å².